The number of hydrogen-bond acceptors (Lipinski definition) is 5. The highest BCUT2D eigenvalue weighted by molar-refractivity contribution is 7.71. The number of fused-ring (bicyclic) bond motifs is 1. The summed E-state index contributed by atoms with van der Waals surface area (Å²) in [5.41, 5.74) is 0.601. The number of H-pyrrole nitrogens is 1. The molecule has 0 aliphatic carbocycles. The predicted molar refractivity (Wildman–Crippen MR) is 85.3 cm³/mol. The van der Waals surface area contributed by atoms with E-state index < -0.39 is 0 Å². The summed E-state index contributed by atoms with van der Waals surface area (Å²) in [6.45, 7) is 6.82. The first-order valence-corrected chi connectivity index (χ1v) is 8.21. The Morgan fingerprint density at radius 3 is 2.80 bits per heavy atom. The normalized spacial score (nSPS) is 17.0. The maximum absolute atomic E-state index is 12.4. The fourth-order valence-electron chi connectivity index (χ4n) is 2.54. The summed E-state index contributed by atoms with van der Waals surface area (Å²) in [5.74, 6) is 0.781. The van der Waals surface area contributed by atoms with E-state index in [0.29, 0.717) is 21.7 Å². The van der Waals surface area contributed by atoms with Crippen molar-refractivity contribution in [2.75, 3.05) is 18.0 Å². The van der Waals surface area contributed by atoms with Gasteiger partial charge in [-0.15, -0.1) is 0 Å². The van der Waals surface area contributed by atoms with Gasteiger partial charge in [-0.25, -0.2) is 4.98 Å². The van der Waals surface area contributed by atoms with E-state index in [2.05, 4.69) is 21.8 Å². The highest BCUT2D eigenvalue weighted by Gasteiger charge is 2.20. The van der Waals surface area contributed by atoms with Gasteiger partial charge in [0.15, 0.2) is 15.5 Å². The lowest BCUT2D eigenvalue weighted by molar-refractivity contribution is 0.438. The van der Waals surface area contributed by atoms with Gasteiger partial charge in [0.05, 0.1) is 0 Å². The zero-order chi connectivity index (χ0) is 14.3. The molecular weight excluding hydrogens is 292 g/mol. The topological polar surface area (TPSA) is 53.9 Å². The predicted octanol–water partition coefficient (Wildman–Crippen LogP) is 2.77. The maximum atomic E-state index is 12.4. The van der Waals surface area contributed by atoms with E-state index in [4.69, 9.17) is 12.2 Å². The minimum atomic E-state index is -0.0274. The Kier molecular flexibility index (Phi) is 3.64. The second-order valence-electron chi connectivity index (χ2n) is 5.32. The standard InChI is InChI=1S/C13H18N4OS2/c1-3-17-11(18)9-10(14-12(17)19)15-13(20-9)16-6-4-8(2)5-7-16/h8H,3-7H2,1-2H3,(H,14,19). The van der Waals surface area contributed by atoms with E-state index in [-0.39, 0.29) is 5.56 Å². The largest absolute Gasteiger partial charge is 0.348 e. The van der Waals surface area contributed by atoms with Crippen LogP contribution in [0.15, 0.2) is 4.79 Å². The third-order valence-corrected chi connectivity index (χ3v) is 5.32. The van der Waals surface area contributed by atoms with Gasteiger partial charge in [0, 0.05) is 19.6 Å². The second-order valence-corrected chi connectivity index (χ2v) is 6.69. The van der Waals surface area contributed by atoms with Gasteiger partial charge >= 0.3 is 0 Å². The second kappa shape index (κ2) is 5.29. The first kappa shape index (κ1) is 13.8. The number of rotatable bonds is 2. The highest BCUT2D eigenvalue weighted by Crippen LogP contribution is 2.28. The lowest BCUT2D eigenvalue weighted by Crippen LogP contribution is -2.32. The molecule has 0 radical (unpaired) electrons. The molecule has 2 aromatic heterocycles. The Balaban J connectivity index is 2.05. The molecule has 0 aromatic carbocycles. The van der Waals surface area contributed by atoms with Gasteiger partial charge in [-0.1, -0.05) is 18.3 Å². The van der Waals surface area contributed by atoms with Crippen molar-refractivity contribution in [3.63, 3.8) is 0 Å². The van der Waals surface area contributed by atoms with Crippen LogP contribution in [0.2, 0.25) is 0 Å². The van der Waals surface area contributed by atoms with Crippen LogP contribution in [-0.4, -0.2) is 27.6 Å². The summed E-state index contributed by atoms with van der Waals surface area (Å²) >= 11 is 6.68. The van der Waals surface area contributed by atoms with Crippen LogP contribution in [0.5, 0.6) is 0 Å². The average molecular weight is 310 g/mol. The van der Waals surface area contributed by atoms with Gasteiger partial charge in [0.2, 0.25) is 0 Å². The average Bonchev–Trinajstić information content (AvgIpc) is 2.84. The lowest BCUT2D eigenvalue weighted by Gasteiger charge is -2.29. The zero-order valence-electron chi connectivity index (χ0n) is 11.7. The number of hydrogen-bond donors (Lipinski definition) is 1. The van der Waals surface area contributed by atoms with Gasteiger partial charge in [-0.2, -0.15) is 0 Å². The van der Waals surface area contributed by atoms with Crippen LogP contribution in [0.25, 0.3) is 10.3 Å². The molecule has 3 rings (SSSR count). The van der Waals surface area contributed by atoms with E-state index >= 15 is 0 Å². The van der Waals surface area contributed by atoms with E-state index in [9.17, 15) is 4.79 Å². The van der Waals surface area contributed by atoms with E-state index in [1.807, 2.05) is 6.92 Å². The molecule has 0 atom stereocenters. The Morgan fingerprint density at radius 1 is 1.45 bits per heavy atom. The molecule has 0 unspecified atom stereocenters. The molecule has 1 saturated heterocycles. The Morgan fingerprint density at radius 2 is 2.15 bits per heavy atom. The van der Waals surface area contributed by atoms with Crippen molar-refractivity contribution in [1.29, 1.82) is 0 Å². The third-order valence-electron chi connectivity index (χ3n) is 3.90. The van der Waals surface area contributed by atoms with Crippen molar-refractivity contribution >= 4 is 39.0 Å². The molecule has 0 bridgehead atoms. The maximum Gasteiger partial charge on any atom is 0.274 e. The third kappa shape index (κ3) is 2.29. The molecule has 0 saturated carbocycles. The number of aromatic nitrogens is 3. The van der Waals surface area contributed by atoms with Gasteiger partial charge in [0.1, 0.15) is 4.70 Å². The SMILES string of the molecule is CCn1c(=S)[nH]c2nc(N3CCC(C)CC3)sc2c1=O. The summed E-state index contributed by atoms with van der Waals surface area (Å²) < 4.78 is 2.71. The lowest BCUT2D eigenvalue weighted by atomic mass is 10.00. The highest BCUT2D eigenvalue weighted by atomic mass is 32.1. The number of aromatic amines is 1. The van der Waals surface area contributed by atoms with Crippen molar-refractivity contribution in [2.24, 2.45) is 5.92 Å². The van der Waals surface area contributed by atoms with Crippen LogP contribution in [0, 0.1) is 10.7 Å². The van der Waals surface area contributed by atoms with E-state index in [0.717, 1.165) is 24.1 Å². The summed E-state index contributed by atoms with van der Waals surface area (Å²) in [7, 11) is 0. The van der Waals surface area contributed by atoms with Crippen LogP contribution in [0.4, 0.5) is 5.13 Å². The van der Waals surface area contributed by atoms with Crippen molar-refractivity contribution in [3.05, 3.63) is 15.1 Å². The van der Waals surface area contributed by atoms with Gasteiger partial charge < -0.3 is 9.88 Å². The molecule has 1 aliphatic heterocycles. The summed E-state index contributed by atoms with van der Waals surface area (Å²) in [6, 6.07) is 0. The fraction of sp³-hybridized carbons (Fsp3) is 0.615. The smallest absolute Gasteiger partial charge is 0.274 e. The molecule has 5 nitrogen and oxygen atoms in total. The van der Waals surface area contributed by atoms with Crippen LogP contribution in [-0.2, 0) is 6.54 Å². The minimum Gasteiger partial charge on any atom is -0.348 e. The number of thiazole rings is 1. The molecule has 0 spiro atoms. The van der Waals surface area contributed by atoms with E-state index in [1.165, 1.54) is 24.2 Å². The molecule has 0 amide bonds. The van der Waals surface area contributed by atoms with Gasteiger partial charge in [-0.05, 0) is 37.9 Å². The van der Waals surface area contributed by atoms with E-state index in [1.54, 1.807) is 4.57 Å². The molecule has 108 valence electrons. The molecular formula is C13H18N4OS2. The number of piperidine rings is 1. The van der Waals surface area contributed by atoms with Crippen LogP contribution >= 0.6 is 23.6 Å². The number of nitrogens with zero attached hydrogens (tertiary/aromatic N) is 3. The molecule has 1 fully saturated rings. The Labute approximate surface area is 126 Å². The van der Waals surface area contributed by atoms with Crippen LogP contribution in [0.1, 0.15) is 26.7 Å². The molecule has 3 heterocycles. The molecule has 7 heteroatoms. The van der Waals surface area contributed by atoms with Gasteiger partial charge in [-0.3, -0.25) is 9.36 Å². The fourth-order valence-corrected chi connectivity index (χ4v) is 3.88. The quantitative estimate of drug-likeness (QED) is 0.867. The number of nitrogens with one attached hydrogen (secondary N) is 1. The van der Waals surface area contributed by atoms with Gasteiger partial charge in [0.25, 0.3) is 5.56 Å². The van der Waals surface area contributed by atoms with Crippen LogP contribution in [0.3, 0.4) is 0 Å². The summed E-state index contributed by atoms with van der Waals surface area (Å²) in [4.78, 5) is 22.3. The first-order valence-electron chi connectivity index (χ1n) is 6.98. The molecule has 1 aliphatic rings. The Bertz CT molecular complexity index is 737. The van der Waals surface area contributed by atoms with Crippen LogP contribution < -0.4 is 10.5 Å². The minimum absolute atomic E-state index is 0.0274. The number of anilines is 1. The molecule has 1 N–H and O–H groups in total. The van der Waals surface area contributed by atoms with Crippen molar-refractivity contribution in [1.82, 2.24) is 14.5 Å². The Hall–Kier alpha value is -1.21. The van der Waals surface area contributed by atoms with Crippen molar-refractivity contribution in [2.45, 2.75) is 33.2 Å². The summed E-state index contributed by atoms with van der Waals surface area (Å²) in [6.07, 6.45) is 2.37. The molecule has 2 aromatic rings. The summed E-state index contributed by atoms with van der Waals surface area (Å²) in [5, 5.41) is 0.934. The molecule has 20 heavy (non-hydrogen) atoms. The first-order chi connectivity index (χ1) is 9.60. The monoisotopic (exact) mass is 310 g/mol. The zero-order valence-corrected chi connectivity index (χ0v) is 13.3. The van der Waals surface area contributed by atoms with Crippen molar-refractivity contribution in [3.8, 4) is 0 Å². The van der Waals surface area contributed by atoms with Crippen molar-refractivity contribution < 1.29 is 0 Å².